The van der Waals surface area contributed by atoms with Crippen molar-refractivity contribution < 1.29 is 0 Å². The Kier molecular flexibility index (Phi) is 3.73. The summed E-state index contributed by atoms with van der Waals surface area (Å²) in [5, 5.41) is 2.19. The van der Waals surface area contributed by atoms with Crippen molar-refractivity contribution in [2.45, 2.75) is 39.7 Å². The zero-order chi connectivity index (χ0) is 12.3. The van der Waals surface area contributed by atoms with Crippen LogP contribution in [-0.2, 0) is 12.0 Å². The second-order valence-corrected chi connectivity index (χ2v) is 4.65. The highest BCUT2D eigenvalue weighted by atomic mass is 32.1. The third kappa shape index (κ3) is 2.43. The SMILES string of the molecule is CCn1c(C(C)(C)C)ncc(N=C=S)c1=O. The smallest absolute Gasteiger partial charge is 0.280 e. The van der Waals surface area contributed by atoms with Crippen LogP contribution < -0.4 is 5.56 Å². The van der Waals surface area contributed by atoms with Gasteiger partial charge in [0.25, 0.3) is 5.56 Å². The first kappa shape index (κ1) is 12.7. The summed E-state index contributed by atoms with van der Waals surface area (Å²) in [6.07, 6.45) is 1.45. The molecule has 1 aromatic heterocycles. The monoisotopic (exact) mass is 237 g/mol. The molecule has 0 spiro atoms. The van der Waals surface area contributed by atoms with E-state index in [9.17, 15) is 4.79 Å². The summed E-state index contributed by atoms with van der Waals surface area (Å²) < 4.78 is 1.62. The van der Waals surface area contributed by atoms with Crippen LogP contribution in [0.25, 0.3) is 0 Å². The number of aliphatic imine (C=N–C) groups is 1. The minimum absolute atomic E-state index is 0.167. The minimum atomic E-state index is -0.172. The molecule has 0 aromatic carbocycles. The van der Waals surface area contributed by atoms with Crippen LogP contribution in [0.5, 0.6) is 0 Å². The normalized spacial score (nSPS) is 11.0. The van der Waals surface area contributed by atoms with E-state index in [1.54, 1.807) is 4.57 Å². The van der Waals surface area contributed by atoms with Crippen molar-refractivity contribution in [3.05, 3.63) is 22.4 Å². The first-order valence-electron chi connectivity index (χ1n) is 5.10. The topological polar surface area (TPSA) is 47.2 Å². The van der Waals surface area contributed by atoms with Gasteiger partial charge in [-0.3, -0.25) is 9.36 Å². The van der Waals surface area contributed by atoms with Crippen LogP contribution in [-0.4, -0.2) is 14.7 Å². The third-order valence-electron chi connectivity index (χ3n) is 2.18. The highest BCUT2D eigenvalue weighted by molar-refractivity contribution is 7.78. The van der Waals surface area contributed by atoms with Gasteiger partial charge in [-0.1, -0.05) is 20.8 Å². The largest absolute Gasteiger partial charge is 0.295 e. The lowest BCUT2D eigenvalue weighted by Crippen LogP contribution is -2.30. The maximum atomic E-state index is 12.0. The zero-order valence-electron chi connectivity index (χ0n) is 9.94. The predicted octanol–water partition coefficient (Wildman–Crippen LogP) is 2.29. The standard InChI is InChI=1S/C11H15N3OS/c1-5-14-9(15)8(13-7-16)6-12-10(14)11(2,3)4/h6H,5H2,1-4H3. The number of hydrogen-bond acceptors (Lipinski definition) is 4. The molecule has 0 atom stereocenters. The average molecular weight is 237 g/mol. The van der Waals surface area contributed by atoms with E-state index >= 15 is 0 Å². The van der Waals surface area contributed by atoms with Crippen molar-refractivity contribution in [2.75, 3.05) is 0 Å². The lowest BCUT2D eigenvalue weighted by Gasteiger charge is -2.21. The number of thiocarbonyl (C=S) groups is 1. The van der Waals surface area contributed by atoms with Gasteiger partial charge in [-0.05, 0) is 19.1 Å². The van der Waals surface area contributed by atoms with Crippen molar-refractivity contribution in [1.29, 1.82) is 0 Å². The fourth-order valence-electron chi connectivity index (χ4n) is 1.50. The fraction of sp³-hybridized carbons (Fsp3) is 0.545. The van der Waals surface area contributed by atoms with Crippen LogP contribution >= 0.6 is 12.2 Å². The summed E-state index contributed by atoms with van der Waals surface area (Å²) in [7, 11) is 0. The van der Waals surface area contributed by atoms with Crippen LogP contribution in [0.15, 0.2) is 16.0 Å². The average Bonchev–Trinajstić information content (AvgIpc) is 2.19. The van der Waals surface area contributed by atoms with Gasteiger partial charge in [-0.2, -0.15) is 4.99 Å². The molecular weight excluding hydrogens is 222 g/mol. The Morgan fingerprint density at radius 1 is 1.56 bits per heavy atom. The number of nitrogens with zero attached hydrogens (tertiary/aromatic N) is 3. The van der Waals surface area contributed by atoms with Crippen LogP contribution in [0, 0.1) is 0 Å². The van der Waals surface area contributed by atoms with E-state index in [1.807, 2.05) is 27.7 Å². The van der Waals surface area contributed by atoms with Crippen molar-refractivity contribution in [3.63, 3.8) is 0 Å². The number of hydrogen-bond donors (Lipinski definition) is 0. The van der Waals surface area contributed by atoms with E-state index in [1.165, 1.54) is 6.20 Å². The van der Waals surface area contributed by atoms with Crippen LogP contribution in [0.2, 0.25) is 0 Å². The molecule has 5 heteroatoms. The van der Waals surface area contributed by atoms with Gasteiger partial charge in [0.15, 0.2) is 5.69 Å². The molecule has 86 valence electrons. The van der Waals surface area contributed by atoms with Gasteiger partial charge in [-0.25, -0.2) is 4.98 Å². The Morgan fingerprint density at radius 2 is 2.19 bits per heavy atom. The molecule has 4 nitrogen and oxygen atoms in total. The highest BCUT2D eigenvalue weighted by Gasteiger charge is 2.21. The van der Waals surface area contributed by atoms with E-state index in [0.29, 0.717) is 6.54 Å². The minimum Gasteiger partial charge on any atom is -0.295 e. The van der Waals surface area contributed by atoms with E-state index in [4.69, 9.17) is 0 Å². The molecule has 0 aliphatic heterocycles. The van der Waals surface area contributed by atoms with Crippen molar-refractivity contribution in [1.82, 2.24) is 9.55 Å². The molecule has 0 saturated carbocycles. The summed E-state index contributed by atoms with van der Waals surface area (Å²) in [4.78, 5) is 20.0. The van der Waals surface area contributed by atoms with E-state index in [2.05, 4.69) is 27.4 Å². The van der Waals surface area contributed by atoms with Gasteiger partial charge < -0.3 is 0 Å². The Labute approximate surface area is 100 Å². The van der Waals surface area contributed by atoms with E-state index < -0.39 is 0 Å². The first-order valence-corrected chi connectivity index (χ1v) is 5.50. The summed E-state index contributed by atoms with van der Waals surface area (Å²) in [5.74, 6) is 0.753. The molecule has 0 radical (unpaired) electrons. The Bertz CT molecular complexity index is 493. The number of aromatic nitrogens is 2. The maximum absolute atomic E-state index is 12.0. The maximum Gasteiger partial charge on any atom is 0.280 e. The second kappa shape index (κ2) is 4.68. The number of isothiocyanates is 1. The molecular formula is C11H15N3OS. The molecule has 0 bridgehead atoms. The molecule has 0 unspecified atom stereocenters. The van der Waals surface area contributed by atoms with E-state index in [-0.39, 0.29) is 16.7 Å². The van der Waals surface area contributed by atoms with Gasteiger partial charge in [0.2, 0.25) is 0 Å². The lowest BCUT2D eigenvalue weighted by atomic mass is 9.95. The molecule has 16 heavy (non-hydrogen) atoms. The third-order valence-corrected chi connectivity index (χ3v) is 2.27. The molecule has 0 N–H and O–H groups in total. The Balaban J connectivity index is 3.53. The molecule has 0 saturated heterocycles. The Hall–Kier alpha value is -1.32. The van der Waals surface area contributed by atoms with Gasteiger partial charge in [-0.15, -0.1) is 0 Å². The molecule has 1 heterocycles. The second-order valence-electron chi connectivity index (χ2n) is 4.47. The van der Waals surface area contributed by atoms with Gasteiger partial charge in [0.05, 0.1) is 11.4 Å². The molecule has 0 aliphatic carbocycles. The van der Waals surface area contributed by atoms with Crippen LogP contribution in [0.1, 0.15) is 33.5 Å². The molecule has 1 aromatic rings. The van der Waals surface area contributed by atoms with Crippen LogP contribution in [0.4, 0.5) is 5.69 Å². The molecule has 0 fully saturated rings. The first-order chi connectivity index (χ1) is 7.41. The predicted molar refractivity (Wildman–Crippen MR) is 67.6 cm³/mol. The number of rotatable bonds is 2. The Morgan fingerprint density at radius 3 is 2.62 bits per heavy atom. The summed E-state index contributed by atoms with van der Waals surface area (Å²) in [5.41, 5.74) is -0.0978. The molecule has 0 amide bonds. The summed E-state index contributed by atoms with van der Waals surface area (Å²) >= 11 is 4.49. The summed E-state index contributed by atoms with van der Waals surface area (Å²) in [6, 6.07) is 0. The van der Waals surface area contributed by atoms with Crippen LogP contribution in [0.3, 0.4) is 0 Å². The quantitative estimate of drug-likeness (QED) is 0.585. The van der Waals surface area contributed by atoms with Crippen molar-refractivity contribution in [2.24, 2.45) is 4.99 Å². The molecule has 0 aliphatic rings. The van der Waals surface area contributed by atoms with Gasteiger partial charge in [0, 0.05) is 12.0 Å². The van der Waals surface area contributed by atoms with Crippen molar-refractivity contribution in [3.8, 4) is 0 Å². The zero-order valence-corrected chi connectivity index (χ0v) is 10.8. The lowest BCUT2D eigenvalue weighted by molar-refractivity contribution is 0.486. The summed E-state index contributed by atoms with van der Waals surface area (Å²) in [6.45, 7) is 8.53. The van der Waals surface area contributed by atoms with E-state index in [0.717, 1.165) is 5.82 Å². The van der Waals surface area contributed by atoms with Gasteiger partial charge in [0.1, 0.15) is 5.82 Å². The van der Waals surface area contributed by atoms with Crippen molar-refractivity contribution >= 4 is 23.1 Å². The highest BCUT2D eigenvalue weighted by Crippen LogP contribution is 2.19. The van der Waals surface area contributed by atoms with Gasteiger partial charge >= 0.3 is 0 Å². The fourth-order valence-corrected chi connectivity index (χ4v) is 1.60. The molecule has 1 rings (SSSR count).